The maximum absolute atomic E-state index is 12.1. The third kappa shape index (κ3) is 4.40. The van der Waals surface area contributed by atoms with E-state index in [2.05, 4.69) is 10.3 Å². The summed E-state index contributed by atoms with van der Waals surface area (Å²) in [5.74, 6) is 0.0129. The second-order valence-corrected chi connectivity index (χ2v) is 5.01. The molecule has 1 heterocycles. The Morgan fingerprint density at radius 1 is 1.50 bits per heavy atom. The maximum atomic E-state index is 12.1. The Morgan fingerprint density at radius 3 is 2.75 bits per heavy atom. The van der Waals surface area contributed by atoms with Gasteiger partial charge >= 0.3 is 6.18 Å². The third-order valence-electron chi connectivity index (χ3n) is 3.21. The smallest absolute Gasteiger partial charge is 0.384 e. The summed E-state index contributed by atoms with van der Waals surface area (Å²) in [5.41, 5.74) is 6.38. The highest BCUT2D eigenvalue weighted by atomic mass is 19.4. The van der Waals surface area contributed by atoms with Crippen molar-refractivity contribution in [2.45, 2.75) is 37.9 Å². The van der Waals surface area contributed by atoms with E-state index in [1.54, 1.807) is 12.1 Å². The van der Waals surface area contributed by atoms with Gasteiger partial charge in [-0.2, -0.15) is 13.2 Å². The van der Waals surface area contributed by atoms with E-state index in [1.807, 2.05) is 0 Å². The zero-order chi connectivity index (χ0) is 14.8. The van der Waals surface area contributed by atoms with E-state index in [-0.39, 0.29) is 12.0 Å². The van der Waals surface area contributed by atoms with Crippen LogP contribution in [0.3, 0.4) is 0 Å². The van der Waals surface area contributed by atoms with E-state index in [0.29, 0.717) is 5.82 Å². The Labute approximate surface area is 114 Å². The molecule has 1 aromatic rings. The van der Waals surface area contributed by atoms with Crippen molar-refractivity contribution < 1.29 is 18.0 Å². The van der Waals surface area contributed by atoms with Crippen LogP contribution in [0.25, 0.3) is 0 Å². The number of rotatable bonds is 5. The number of hydrogen-bond acceptors (Lipinski definition) is 3. The Morgan fingerprint density at radius 2 is 2.20 bits per heavy atom. The Hall–Kier alpha value is -1.79. The fourth-order valence-corrected chi connectivity index (χ4v) is 2.06. The van der Waals surface area contributed by atoms with E-state index in [9.17, 15) is 18.0 Å². The number of nitrogen functional groups attached to an aromatic ring is 1. The van der Waals surface area contributed by atoms with Crippen LogP contribution in [0, 0.1) is 5.92 Å². The summed E-state index contributed by atoms with van der Waals surface area (Å²) in [7, 11) is 0. The van der Waals surface area contributed by atoms with Gasteiger partial charge in [0.25, 0.3) is 0 Å². The van der Waals surface area contributed by atoms with Gasteiger partial charge in [0, 0.05) is 12.6 Å². The summed E-state index contributed by atoms with van der Waals surface area (Å²) in [6.45, 7) is 0. The van der Waals surface area contributed by atoms with Crippen LogP contribution < -0.4 is 11.1 Å². The second-order valence-electron chi connectivity index (χ2n) is 5.01. The molecule has 2 rings (SSSR count). The molecule has 1 aromatic heterocycles. The van der Waals surface area contributed by atoms with Gasteiger partial charge in [0.05, 0.1) is 12.5 Å². The number of nitrogens with one attached hydrogen (secondary N) is 1. The molecule has 1 saturated carbocycles. The summed E-state index contributed by atoms with van der Waals surface area (Å²) < 4.78 is 36.3. The quantitative estimate of drug-likeness (QED) is 0.874. The lowest BCUT2D eigenvalue weighted by atomic mass is 10.0. The average Bonchev–Trinajstić information content (AvgIpc) is 3.17. The number of amides is 1. The lowest BCUT2D eigenvalue weighted by molar-refractivity contribution is -0.144. The van der Waals surface area contributed by atoms with Gasteiger partial charge in [-0.15, -0.1) is 0 Å². The van der Waals surface area contributed by atoms with Crippen molar-refractivity contribution in [2.75, 3.05) is 5.73 Å². The molecule has 4 nitrogen and oxygen atoms in total. The highest BCUT2D eigenvalue weighted by Crippen LogP contribution is 2.41. The topological polar surface area (TPSA) is 68.0 Å². The standard InChI is InChI=1S/C13H16F3N3O/c14-13(15,16)5-3-11(20)19-12(8-1-2-8)9-4-6-18-10(17)7-9/h4,6-8,12H,1-3,5H2,(H2,17,18)(H,19,20)/t12-/m1/s1. The first-order valence-electron chi connectivity index (χ1n) is 6.43. The zero-order valence-electron chi connectivity index (χ0n) is 10.8. The van der Waals surface area contributed by atoms with Crippen molar-refractivity contribution in [2.24, 2.45) is 5.92 Å². The van der Waals surface area contributed by atoms with Crippen LogP contribution in [0.5, 0.6) is 0 Å². The van der Waals surface area contributed by atoms with Gasteiger partial charge in [-0.1, -0.05) is 0 Å². The summed E-state index contributed by atoms with van der Waals surface area (Å²) in [6.07, 6.45) is -2.53. The molecule has 0 aliphatic heterocycles. The van der Waals surface area contributed by atoms with E-state index < -0.39 is 24.9 Å². The van der Waals surface area contributed by atoms with Crippen molar-refractivity contribution in [1.82, 2.24) is 10.3 Å². The first-order chi connectivity index (χ1) is 9.35. The first-order valence-corrected chi connectivity index (χ1v) is 6.43. The number of anilines is 1. The normalized spacial score (nSPS) is 16.8. The van der Waals surface area contributed by atoms with Gasteiger partial charge in [-0.05, 0) is 36.5 Å². The Balaban J connectivity index is 1.98. The van der Waals surface area contributed by atoms with E-state index in [1.165, 1.54) is 6.20 Å². The van der Waals surface area contributed by atoms with Crippen molar-refractivity contribution in [3.05, 3.63) is 23.9 Å². The van der Waals surface area contributed by atoms with Gasteiger partial charge in [0.1, 0.15) is 5.82 Å². The highest BCUT2D eigenvalue weighted by Gasteiger charge is 2.34. The Kier molecular flexibility index (Phi) is 4.15. The lowest BCUT2D eigenvalue weighted by Crippen LogP contribution is -2.30. The number of nitrogens with two attached hydrogens (primary N) is 1. The minimum atomic E-state index is -4.31. The molecule has 1 fully saturated rings. The van der Waals surface area contributed by atoms with E-state index in [4.69, 9.17) is 5.73 Å². The second kappa shape index (κ2) is 5.68. The fraction of sp³-hybridized carbons (Fsp3) is 0.538. The van der Waals surface area contributed by atoms with Crippen LogP contribution in [0.2, 0.25) is 0 Å². The maximum Gasteiger partial charge on any atom is 0.389 e. The summed E-state index contributed by atoms with van der Waals surface area (Å²) in [6, 6.07) is 3.09. The van der Waals surface area contributed by atoms with Crippen LogP contribution in [0.1, 0.15) is 37.3 Å². The summed E-state index contributed by atoms with van der Waals surface area (Å²) in [5, 5.41) is 2.67. The first kappa shape index (κ1) is 14.6. The number of hydrogen-bond donors (Lipinski definition) is 2. The van der Waals surface area contributed by atoms with Crippen molar-refractivity contribution >= 4 is 11.7 Å². The van der Waals surface area contributed by atoms with Crippen LogP contribution >= 0.6 is 0 Å². The molecule has 0 bridgehead atoms. The van der Waals surface area contributed by atoms with Gasteiger partial charge < -0.3 is 11.1 Å². The summed E-state index contributed by atoms with van der Waals surface area (Å²) >= 11 is 0. The molecule has 3 N–H and O–H groups in total. The molecule has 0 aromatic carbocycles. The van der Waals surface area contributed by atoms with Crippen LogP contribution in [0.15, 0.2) is 18.3 Å². The van der Waals surface area contributed by atoms with Gasteiger partial charge in [0.2, 0.25) is 5.91 Å². The van der Waals surface area contributed by atoms with Gasteiger partial charge in [-0.25, -0.2) is 4.98 Å². The molecule has 0 radical (unpaired) electrons. The number of pyridine rings is 1. The number of carbonyl (C=O) groups is 1. The molecule has 1 atom stereocenters. The Bertz CT molecular complexity index is 486. The van der Waals surface area contributed by atoms with E-state index in [0.717, 1.165) is 18.4 Å². The largest absolute Gasteiger partial charge is 0.389 e. The molecular weight excluding hydrogens is 271 g/mol. The molecule has 0 spiro atoms. The number of halogens is 3. The molecule has 0 unspecified atom stereocenters. The van der Waals surface area contributed by atoms with Crippen molar-refractivity contribution in [1.29, 1.82) is 0 Å². The minimum Gasteiger partial charge on any atom is -0.384 e. The third-order valence-corrected chi connectivity index (χ3v) is 3.21. The van der Waals surface area contributed by atoms with E-state index >= 15 is 0 Å². The van der Waals surface area contributed by atoms with Gasteiger partial charge in [-0.3, -0.25) is 4.79 Å². The van der Waals surface area contributed by atoms with Gasteiger partial charge in [0.15, 0.2) is 0 Å². The molecule has 1 aliphatic carbocycles. The zero-order valence-corrected chi connectivity index (χ0v) is 10.8. The fourth-order valence-electron chi connectivity index (χ4n) is 2.06. The molecule has 1 aliphatic rings. The minimum absolute atomic E-state index is 0.270. The molecule has 20 heavy (non-hydrogen) atoms. The monoisotopic (exact) mass is 287 g/mol. The molecule has 1 amide bonds. The lowest BCUT2D eigenvalue weighted by Gasteiger charge is -2.19. The molecule has 7 heteroatoms. The summed E-state index contributed by atoms with van der Waals surface area (Å²) in [4.78, 5) is 15.5. The number of alkyl halides is 3. The van der Waals surface area contributed by atoms with Crippen LogP contribution in [0.4, 0.5) is 19.0 Å². The van der Waals surface area contributed by atoms with Crippen molar-refractivity contribution in [3.63, 3.8) is 0 Å². The van der Waals surface area contributed by atoms with Crippen molar-refractivity contribution in [3.8, 4) is 0 Å². The molecular formula is C13H16F3N3O. The van der Waals surface area contributed by atoms with Crippen LogP contribution in [-0.4, -0.2) is 17.1 Å². The van der Waals surface area contributed by atoms with Crippen LogP contribution in [-0.2, 0) is 4.79 Å². The average molecular weight is 287 g/mol. The predicted octanol–water partition coefficient (Wildman–Crippen LogP) is 2.57. The number of nitrogens with zero attached hydrogens (tertiary/aromatic N) is 1. The number of aromatic nitrogens is 1. The molecule has 0 saturated heterocycles. The molecule has 110 valence electrons. The predicted molar refractivity (Wildman–Crippen MR) is 67.5 cm³/mol. The highest BCUT2D eigenvalue weighted by molar-refractivity contribution is 5.76. The SMILES string of the molecule is Nc1cc([C@H](NC(=O)CCC(F)(F)F)C2CC2)ccn1. The number of carbonyl (C=O) groups excluding carboxylic acids is 1.